The van der Waals surface area contributed by atoms with Gasteiger partial charge in [0, 0.05) is 11.8 Å². The van der Waals surface area contributed by atoms with E-state index in [0.717, 1.165) is 17.5 Å². The van der Waals surface area contributed by atoms with Gasteiger partial charge < -0.3 is 0 Å². The lowest BCUT2D eigenvalue weighted by atomic mass is 10.2. The first kappa shape index (κ1) is 8.69. The zero-order valence-electron chi connectivity index (χ0n) is 7.84. The van der Waals surface area contributed by atoms with Crippen molar-refractivity contribution in [3.8, 4) is 5.69 Å². The first-order valence-corrected chi connectivity index (χ1v) is 4.36. The van der Waals surface area contributed by atoms with Crippen LogP contribution in [0.3, 0.4) is 0 Å². The number of carbonyl (C=O) groups excluding carboxylic acids is 1. The second-order valence-corrected chi connectivity index (χ2v) is 3.17. The van der Waals surface area contributed by atoms with Gasteiger partial charge in [-0.05, 0) is 36.8 Å². The summed E-state index contributed by atoms with van der Waals surface area (Å²) in [5.74, 6) is 0. The normalized spacial score (nSPS) is 10.1. The van der Waals surface area contributed by atoms with Crippen LogP contribution in [0.4, 0.5) is 0 Å². The second-order valence-electron chi connectivity index (χ2n) is 3.17. The summed E-state index contributed by atoms with van der Waals surface area (Å²) in [5.41, 5.74) is 2.76. The fraction of sp³-hybridized carbons (Fsp3) is 0.0909. The summed E-state index contributed by atoms with van der Waals surface area (Å²) in [5, 5.41) is 4.17. The van der Waals surface area contributed by atoms with Gasteiger partial charge in [-0.15, -0.1) is 0 Å². The maximum absolute atomic E-state index is 10.4. The molecule has 1 aromatic carbocycles. The lowest BCUT2D eigenvalue weighted by Crippen LogP contribution is -1.93. The number of aromatic nitrogens is 2. The molecule has 0 spiro atoms. The van der Waals surface area contributed by atoms with Crippen molar-refractivity contribution in [1.82, 2.24) is 9.78 Å². The van der Waals surface area contributed by atoms with Gasteiger partial charge in [-0.2, -0.15) is 5.10 Å². The van der Waals surface area contributed by atoms with Gasteiger partial charge in [0.15, 0.2) is 0 Å². The lowest BCUT2D eigenvalue weighted by molar-refractivity contribution is 0.112. The highest BCUT2D eigenvalue weighted by Crippen LogP contribution is 2.08. The molecule has 0 amide bonds. The van der Waals surface area contributed by atoms with E-state index >= 15 is 0 Å². The molecule has 0 aliphatic rings. The maximum atomic E-state index is 10.4. The van der Waals surface area contributed by atoms with Gasteiger partial charge in [0.2, 0.25) is 0 Å². The summed E-state index contributed by atoms with van der Waals surface area (Å²) in [6.07, 6.45) is 4.57. The molecule has 3 heteroatoms. The van der Waals surface area contributed by atoms with Crippen molar-refractivity contribution < 1.29 is 4.79 Å². The van der Waals surface area contributed by atoms with Gasteiger partial charge in [0.25, 0.3) is 0 Å². The Morgan fingerprint density at radius 2 is 2.00 bits per heavy atom. The Labute approximate surface area is 82.0 Å². The predicted octanol–water partition coefficient (Wildman–Crippen LogP) is 1.99. The van der Waals surface area contributed by atoms with Gasteiger partial charge in [-0.1, -0.05) is 0 Å². The van der Waals surface area contributed by atoms with Crippen LogP contribution in [0.1, 0.15) is 15.9 Å². The third-order valence-corrected chi connectivity index (χ3v) is 2.01. The minimum absolute atomic E-state index is 0.678. The SMILES string of the molecule is Cc1cnn(-c2ccc(C=O)cc2)c1. The van der Waals surface area contributed by atoms with Crippen LogP contribution < -0.4 is 0 Å². The molecule has 2 rings (SSSR count). The number of hydrogen-bond acceptors (Lipinski definition) is 2. The molecule has 0 radical (unpaired) electrons. The molecular weight excluding hydrogens is 176 g/mol. The van der Waals surface area contributed by atoms with E-state index in [-0.39, 0.29) is 0 Å². The zero-order valence-corrected chi connectivity index (χ0v) is 7.84. The van der Waals surface area contributed by atoms with Crippen LogP contribution in [0.5, 0.6) is 0 Å². The number of aldehydes is 1. The maximum Gasteiger partial charge on any atom is 0.150 e. The smallest absolute Gasteiger partial charge is 0.150 e. The Hall–Kier alpha value is -1.90. The molecule has 0 saturated heterocycles. The highest BCUT2D eigenvalue weighted by atomic mass is 16.1. The first-order chi connectivity index (χ1) is 6.79. The molecule has 0 fully saturated rings. The standard InChI is InChI=1S/C11H10N2O/c1-9-6-12-13(7-9)11-4-2-10(8-14)3-5-11/h2-8H,1H3. The number of rotatable bonds is 2. The Morgan fingerprint density at radius 1 is 1.29 bits per heavy atom. The summed E-state index contributed by atoms with van der Waals surface area (Å²) in [6, 6.07) is 7.30. The summed E-state index contributed by atoms with van der Waals surface area (Å²) in [6.45, 7) is 1.99. The van der Waals surface area contributed by atoms with E-state index in [0.29, 0.717) is 5.56 Å². The Balaban J connectivity index is 2.38. The average molecular weight is 186 g/mol. The molecule has 0 saturated carbocycles. The Bertz CT molecular complexity index is 443. The van der Waals surface area contributed by atoms with Crippen LogP contribution in [-0.2, 0) is 0 Å². The molecule has 14 heavy (non-hydrogen) atoms. The van der Waals surface area contributed by atoms with E-state index in [1.54, 1.807) is 23.0 Å². The highest BCUT2D eigenvalue weighted by Gasteiger charge is 1.97. The van der Waals surface area contributed by atoms with E-state index in [9.17, 15) is 4.79 Å². The van der Waals surface area contributed by atoms with Crippen LogP contribution in [0.15, 0.2) is 36.7 Å². The van der Waals surface area contributed by atoms with Gasteiger partial charge in [0.05, 0.1) is 11.9 Å². The van der Waals surface area contributed by atoms with Crippen LogP contribution in [-0.4, -0.2) is 16.1 Å². The molecule has 1 heterocycles. The molecule has 0 atom stereocenters. The summed E-state index contributed by atoms with van der Waals surface area (Å²) >= 11 is 0. The molecule has 0 bridgehead atoms. The highest BCUT2D eigenvalue weighted by molar-refractivity contribution is 5.75. The first-order valence-electron chi connectivity index (χ1n) is 4.36. The van der Waals surface area contributed by atoms with Gasteiger partial charge in [-0.3, -0.25) is 4.79 Å². The van der Waals surface area contributed by atoms with Crippen molar-refractivity contribution >= 4 is 6.29 Å². The van der Waals surface area contributed by atoms with Crippen molar-refractivity contribution in [3.05, 3.63) is 47.8 Å². The Morgan fingerprint density at radius 3 is 2.50 bits per heavy atom. The molecular formula is C11H10N2O. The van der Waals surface area contributed by atoms with Gasteiger partial charge in [0.1, 0.15) is 6.29 Å². The fourth-order valence-electron chi connectivity index (χ4n) is 1.26. The van der Waals surface area contributed by atoms with Crippen molar-refractivity contribution in [2.45, 2.75) is 6.92 Å². The molecule has 0 unspecified atom stereocenters. The average Bonchev–Trinajstić information content (AvgIpc) is 2.65. The molecule has 0 N–H and O–H groups in total. The van der Waals surface area contributed by atoms with Crippen molar-refractivity contribution in [3.63, 3.8) is 0 Å². The molecule has 1 aromatic heterocycles. The van der Waals surface area contributed by atoms with Crippen molar-refractivity contribution in [2.24, 2.45) is 0 Å². The lowest BCUT2D eigenvalue weighted by Gasteiger charge is -2.00. The summed E-state index contributed by atoms with van der Waals surface area (Å²) in [7, 11) is 0. The quantitative estimate of drug-likeness (QED) is 0.672. The van der Waals surface area contributed by atoms with Crippen LogP contribution >= 0.6 is 0 Å². The molecule has 2 aromatic rings. The summed E-state index contributed by atoms with van der Waals surface area (Å²) < 4.78 is 1.78. The molecule has 0 aliphatic heterocycles. The number of nitrogens with zero attached hydrogens (tertiary/aromatic N) is 2. The van der Waals surface area contributed by atoms with Crippen molar-refractivity contribution in [1.29, 1.82) is 0 Å². The molecule has 0 aliphatic carbocycles. The number of carbonyl (C=O) groups is 1. The fourth-order valence-corrected chi connectivity index (χ4v) is 1.26. The number of hydrogen-bond donors (Lipinski definition) is 0. The van der Waals surface area contributed by atoms with Crippen LogP contribution in [0.2, 0.25) is 0 Å². The van der Waals surface area contributed by atoms with Gasteiger partial charge >= 0.3 is 0 Å². The van der Waals surface area contributed by atoms with E-state index in [1.165, 1.54) is 0 Å². The molecule has 70 valence electrons. The van der Waals surface area contributed by atoms with E-state index in [4.69, 9.17) is 0 Å². The van der Waals surface area contributed by atoms with Crippen molar-refractivity contribution in [2.75, 3.05) is 0 Å². The third kappa shape index (κ3) is 1.57. The van der Waals surface area contributed by atoms with Crippen LogP contribution in [0.25, 0.3) is 5.69 Å². The summed E-state index contributed by atoms with van der Waals surface area (Å²) in [4.78, 5) is 10.4. The van der Waals surface area contributed by atoms with Crippen LogP contribution in [0, 0.1) is 6.92 Å². The van der Waals surface area contributed by atoms with E-state index < -0.39 is 0 Å². The second kappa shape index (κ2) is 3.46. The van der Waals surface area contributed by atoms with E-state index in [1.807, 2.05) is 25.3 Å². The zero-order chi connectivity index (χ0) is 9.97. The minimum atomic E-state index is 0.678. The largest absolute Gasteiger partial charge is 0.298 e. The van der Waals surface area contributed by atoms with E-state index in [2.05, 4.69) is 5.10 Å². The number of aryl methyl sites for hydroxylation is 1. The molecule has 3 nitrogen and oxygen atoms in total. The number of benzene rings is 1. The monoisotopic (exact) mass is 186 g/mol. The van der Waals surface area contributed by atoms with Gasteiger partial charge in [-0.25, -0.2) is 4.68 Å². The Kier molecular flexibility index (Phi) is 2.14. The third-order valence-electron chi connectivity index (χ3n) is 2.01. The topological polar surface area (TPSA) is 34.9 Å². The predicted molar refractivity (Wildman–Crippen MR) is 53.7 cm³/mol. The minimum Gasteiger partial charge on any atom is -0.298 e.